The molecule has 1 fully saturated rings. The second kappa shape index (κ2) is 6.81. The van der Waals surface area contributed by atoms with E-state index in [4.69, 9.17) is 4.74 Å². The summed E-state index contributed by atoms with van der Waals surface area (Å²) in [6, 6.07) is 7.57. The topological polar surface area (TPSA) is 71.0 Å². The molecule has 6 nitrogen and oxygen atoms in total. The van der Waals surface area contributed by atoms with Crippen molar-refractivity contribution in [2.24, 2.45) is 5.10 Å². The smallest absolute Gasteiger partial charge is 0.428 e. The van der Waals surface area contributed by atoms with Crippen molar-refractivity contribution in [1.29, 1.82) is 0 Å². The molecule has 1 aromatic carbocycles. The van der Waals surface area contributed by atoms with Crippen molar-refractivity contribution in [2.75, 3.05) is 11.4 Å². The van der Waals surface area contributed by atoms with Gasteiger partial charge in [0.15, 0.2) is 0 Å². The van der Waals surface area contributed by atoms with Gasteiger partial charge in [0.25, 0.3) is 0 Å². The number of nitrogens with zero attached hydrogens (tertiary/aromatic N) is 2. The van der Waals surface area contributed by atoms with Crippen molar-refractivity contribution in [1.82, 2.24) is 5.43 Å². The van der Waals surface area contributed by atoms with Gasteiger partial charge in [-0.2, -0.15) is 5.10 Å². The van der Waals surface area contributed by atoms with Gasteiger partial charge in [-0.3, -0.25) is 4.79 Å². The Morgan fingerprint density at radius 3 is 2.70 bits per heavy atom. The molecule has 0 spiro atoms. The molecule has 6 heteroatoms. The molecule has 0 unspecified atom stereocenters. The van der Waals surface area contributed by atoms with Crippen LogP contribution in [-0.2, 0) is 9.53 Å². The minimum absolute atomic E-state index is 0.142. The highest BCUT2D eigenvalue weighted by atomic mass is 16.6. The van der Waals surface area contributed by atoms with Gasteiger partial charge in [-0.1, -0.05) is 12.1 Å². The summed E-state index contributed by atoms with van der Waals surface area (Å²) in [5.41, 5.74) is 4.16. The van der Waals surface area contributed by atoms with Crippen LogP contribution in [0.3, 0.4) is 0 Å². The second-order valence-corrected chi connectivity index (χ2v) is 6.51. The molecule has 1 saturated heterocycles. The average Bonchev–Trinajstić information content (AvgIpc) is 2.89. The van der Waals surface area contributed by atoms with Gasteiger partial charge in [0.1, 0.15) is 5.60 Å². The largest absolute Gasteiger partial charge is 0.443 e. The lowest BCUT2D eigenvalue weighted by Gasteiger charge is -2.18. The van der Waals surface area contributed by atoms with E-state index in [1.54, 1.807) is 32.6 Å². The van der Waals surface area contributed by atoms with Gasteiger partial charge in [0.05, 0.1) is 5.71 Å². The van der Waals surface area contributed by atoms with Crippen molar-refractivity contribution in [3.63, 3.8) is 0 Å². The van der Waals surface area contributed by atoms with Crippen molar-refractivity contribution >= 4 is 23.4 Å². The summed E-state index contributed by atoms with van der Waals surface area (Å²) in [6.07, 6.45) is 0.885. The van der Waals surface area contributed by atoms with Crippen LogP contribution in [0.25, 0.3) is 0 Å². The number of hydrazone groups is 1. The Hall–Kier alpha value is -2.37. The summed E-state index contributed by atoms with van der Waals surface area (Å²) in [6.45, 7) is 7.91. The number of nitrogens with one attached hydrogen (secondary N) is 1. The number of carbonyl (C=O) groups is 2. The quantitative estimate of drug-likeness (QED) is 0.688. The van der Waals surface area contributed by atoms with Crippen molar-refractivity contribution in [3.8, 4) is 0 Å². The second-order valence-electron chi connectivity index (χ2n) is 6.51. The van der Waals surface area contributed by atoms with Crippen LogP contribution in [0, 0.1) is 0 Å². The number of hydrogen-bond donors (Lipinski definition) is 1. The van der Waals surface area contributed by atoms with Gasteiger partial charge in [-0.05, 0) is 51.8 Å². The van der Waals surface area contributed by atoms with Gasteiger partial charge in [0, 0.05) is 18.7 Å². The molecule has 0 aliphatic carbocycles. The molecule has 1 N–H and O–H groups in total. The Bertz CT molecular complexity index is 632. The first-order chi connectivity index (χ1) is 10.8. The summed E-state index contributed by atoms with van der Waals surface area (Å²) in [5.74, 6) is 0.142. The van der Waals surface area contributed by atoms with Gasteiger partial charge in [-0.15, -0.1) is 0 Å². The van der Waals surface area contributed by atoms with Crippen LogP contribution in [0.15, 0.2) is 29.4 Å². The van der Waals surface area contributed by atoms with Gasteiger partial charge >= 0.3 is 6.09 Å². The number of hydrogen-bond acceptors (Lipinski definition) is 4. The summed E-state index contributed by atoms with van der Waals surface area (Å²) in [5, 5.41) is 4.05. The van der Waals surface area contributed by atoms with Crippen LogP contribution in [-0.4, -0.2) is 29.9 Å². The maximum absolute atomic E-state index is 11.8. The highest BCUT2D eigenvalue weighted by Crippen LogP contribution is 2.22. The van der Waals surface area contributed by atoms with E-state index in [2.05, 4.69) is 10.5 Å². The minimum atomic E-state index is -0.595. The lowest BCUT2D eigenvalue weighted by Crippen LogP contribution is -2.30. The van der Waals surface area contributed by atoms with E-state index in [1.807, 2.05) is 24.3 Å². The Morgan fingerprint density at radius 1 is 1.35 bits per heavy atom. The number of anilines is 1. The fourth-order valence-electron chi connectivity index (χ4n) is 2.31. The first-order valence-corrected chi connectivity index (χ1v) is 7.70. The van der Waals surface area contributed by atoms with Gasteiger partial charge in [-0.25, -0.2) is 10.2 Å². The first-order valence-electron chi connectivity index (χ1n) is 7.70. The Balaban J connectivity index is 2.07. The predicted octanol–water partition coefficient (Wildman–Crippen LogP) is 3.06. The molecule has 23 heavy (non-hydrogen) atoms. The number of rotatable bonds is 3. The molecule has 2 rings (SSSR count). The Labute approximate surface area is 136 Å². The minimum Gasteiger partial charge on any atom is -0.443 e. The zero-order valence-electron chi connectivity index (χ0n) is 14.0. The third kappa shape index (κ3) is 4.81. The lowest BCUT2D eigenvalue weighted by molar-refractivity contribution is -0.117. The maximum atomic E-state index is 11.8. The molecule has 0 atom stereocenters. The van der Waals surface area contributed by atoms with E-state index in [9.17, 15) is 9.59 Å². The molecular weight excluding hydrogens is 294 g/mol. The van der Waals surface area contributed by atoms with E-state index in [-0.39, 0.29) is 5.91 Å². The predicted molar refractivity (Wildman–Crippen MR) is 89.6 cm³/mol. The highest BCUT2D eigenvalue weighted by molar-refractivity contribution is 6.01. The van der Waals surface area contributed by atoms with Crippen molar-refractivity contribution in [3.05, 3.63) is 29.8 Å². The fourth-order valence-corrected chi connectivity index (χ4v) is 2.31. The molecule has 1 aromatic rings. The zero-order chi connectivity index (χ0) is 17.0. The number of benzene rings is 1. The SMILES string of the molecule is C/C(=N/NC(=O)OC(C)(C)C)c1cccc(N2CCCC2=O)c1. The van der Waals surface area contributed by atoms with E-state index < -0.39 is 11.7 Å². The van der Waals surface area contributed by atoms with E-state index in [1.165, 1.54) is 0 Å². The first kappa shape index (κ1) is 17.0. The molecule has 124 valence electrons. The van der Waals surface area contributed by atoms with Crippen LogP contribution < -0.4 is 10.3 Å². The molecule has 1 aliphatic rings. The maximum Gasteiger partial charge on any atom is 0.428 e. The van der Waals surface area contributed by atoms with Crippen LogP contribution in [0.1, 0.15) is 46.1 Å². The summed E-state index contributed by atoms with van der Waals surface area (Å²) >= 11 is 0. The normalized spacial score (nSPS) is 15.7. The zero-order valence-corrected chi connectivity index (χ0v) is 14.0. The Morgan fingerprint density at radius 2 is 2.09 bits per heavy atom. The monoisotopic (exact) mass is 317 g/mol. The third-order valence-corrected chi connectivity index (χ3v) is 3.36. The fraction of sp³-hybridized carbons (Fsp3) is 0.471. The van der Waals surface area contributed by atoms with Gasteiger partial charge in [0.2, 0.25) is 5.91 Å². The number of carbonyl (C=O) groups excluding carboxylic acids is 2. The van der Waals surface area contributed by atoms with Gasteiger partial charge < -0.3 is 9.64 Å². The summed E-state index contributed by atoms with van der Waals surface area (Å²) < 4.78 is 5.13. The summed E-state index contributed by atoms with van der Waals surface area (Å²) in [4.78, 5) is 25.2. The molecule has 0 bridgehead atoms. The standard InChI is InChI=1S/C17H23N3O3/c1-12(18-19-16(22)23-17(2,3)4)13-7-5-8-14(11-13)20-10-6-9-15(20)21/h5,7-8,11H,6,9-10H2,1-4H3,(H,19,22)/b18-12-. The summed E-state index contributed by atoms with van der Waals surface area (Å²) in [7, 11) is 0. The molecule has 0 saturated carbocycles. The third-order valence-electron chi connectivity index (χ3n) is 3.36. The Kier molecular flexibility index (Phi) is 5.03. The van der Waals surface area contributed by atoms with Crippen molar-refractivity contribution in [2.45, 2.75) is 46.1 Å². The molecule has 1 heterocycles. The molecular formula is C17H23N3O3. The van der Waals surface area contributed by atoms with E-state index in [0.717, 1.165) is 24.2 Å². The van der Waals surface area contributed by atoms with Crippen molar-refractivity contribution < 1.29 is 14.3 Å². The molecule has 0 radical (unpaired) electrons. The van der Waals surface area contributed by atoms with Crippen LogP contribution in [0.4, 0.5) is 10.5 Å². The highest BCUT2D eigenvalue weighted by Gasteiger charge is 2.22. The molecule has 0 aromatic heterocycles. The van der Waals surface area contributed by atoms with Crippen LogP contribution in [0.2, 0.25) is 0 Å². The lowest BCUT2D eigenvalue weighted by atomic mass is 10.1. The van der Waals surface area contributed by atoms with E-state index in [0.29, 0.717) is 12.1 Å². The van der Waals surface area contributed by atoms with Crippen LogP contribution >= 0.6 is 0 Å². The molecule has 2 amide bonds. The van der Waals surface area contributed by atoms with E-state index >= 15 is 0 Å². The number of ether oxygens (including phenoxy) is 1. The van der Waals surface area contributed by atoms with Crippen LogP contribution in [0.5, 0.6) is 0 Å². The number of amides is 2. The average molecular weight is 317 g/mol. The molecule has 1 aliphatic heterocycles.